The molecule has 21 heavy (non-hydrogen) atoms. The molecule has 4 nitrogen and oxygen atoms in total. The van der Waals surface area contributed by atoms with Crippen LogP contribution in [0.5, 0.6) is 11.5 Å². The molecule has 0 aliphatic heterocycles. The lowest BCUT2D eigenvalue weighted by Gasteiger charge is -2.12. The zero-order valence-electron chi connectivity index (χ0n) is 11.8. The lowest BCUT2D eigenvalue weighted by molar-refractivity contribution is 0.274. The van der Waals surface area contributed by atoms with E-state index in [0.717, 1.165) is 11.1 Å². The maximum Gasteiger partial charge on any atom is 0.161 e. The smallest absolute Gasteiger partial charge is 0.161 e. The van der Waals surface area contributed by atoms with Crippen LogP contribution in [0.1, 0.15) is 16.7 Å². The van der Waals surface area contributed by atoms with Crippen molar-refractivity contribution in [3.8, 4) is 11.5 Å². The van der Waals surface area contributed by atoms with Crippen LogP contribution >= 0.6 is 0 Å². The second kappa shape index (κ2) is 7.06. The van der Waals surface area contributed by atoms with Gasteiger partial charge in [0.25, 0.3) is 0 Å². The fourth-order valence-corrected chi connectivity index (χ4v) is 2.01. The fourth-order valence-electron chi connectivity index (χ4n) is 2.01. The van der Waals surface area contributed by atoms with Gasteiger partial charge < -0.3 is 20.3 Å². The summed E-state index contributed by atoms with van der Waals surface area (Å²) in [7, 11) is 1.53. The van der Waals surface area contributed by atoms with E-state index < -0.39 is 0 Å². The van der Waals surface area contributed by atoms with Crippen molar-refractivity contribution in [3.63, 3.8) is 0 Å². The van der Waals surface area contributed by atoms with Crippen LogP contribution in [0.4, 0.5) is 4.39 Å². The summed E-state index contributed by atoms with van der Waals surface area (Å²) in [6.45, 7) is 0.416. The first-order valence-electron chi connectivity index (χ1n) is 6.55. The monoisotopic (exact) mass is 291 g/mol. The summed E-state index contributed by atoms with van der Waals surface area (Å²) in [6.07, 6.45) is 0. The zero-order chi connectivity index (χ0) is 15.2. The second-order valence-electron chi connectivity index (χ2n) is 4.60. The maximum absolute atomic E-state index is 13.4. The molecule has 2 rings (SSSR count). The molecule has 2 aromatic carbocycles. The first-order chi connectivity index (χ1) is 10.2. The van der Waals surface area contributed by atoms with E-state index in [2.05, 4.69) is 0 Å². The third-order valence-corrected chi connectivity index (χ3v) is 3.06. The highest BCUT2D eigenvalue weighted by Crippen LogP contribution is 2.29. The van der Waals surface area contributed by atoms with E-state index in [-0.39, 0.29) is 25.6 Å². The number of methoxy groups -OCH3 is 1. The van der Waals surface area contributed by atoms with Gasteiger partial charge in [-0.3, -0.25) is 0 Å². The lowest BCUT2D eigenvalue weighted by Crippen LogP contribution is -2.02. The highest BCUT2D eigenvalue weighted by molar-refractivity contribution is 5.43. The van der Waals surface area contributed by atoms with Crippen LogP contribution in [-0.4, -0.2) is 12.2 Å². The summed E-state index contributed by atoms with van der Waals surface area (Å²) >= 11 is 0. The van der Waals surface area contributed by atoms with Gasteiger partial charge in [-0.05, 0) is 41.0 Å². The highest BCUT2D eigenvalue weighted by Gasteiger charge is 2.07. The van der Waals surface area contributed by atoms with Crippen LogP contribution in [0.3, 0.4) is 0 Å². The molecule has 3 N–H and O–H groups in total. The number of halogens is 1. The molecule has 0 radical (unpaired) electrons. The van der Waals surface area contributed by atoms with Crippen LogP contribution in [0.2, 0.25) is 0 Å². The van der Waals surface area contributed by atoms with Gasteiger partial charge in [0.05, 0.1) is 13.7 Å². The van der Waals surface area contributed by atoms with E-state index in [1.807, 2.05) is 0 Å². The molecule has 0 amide bonds. The molecule has 0 saturated carbocycles. The van der Waals surface area contributed by atoms with Gasteiger partial charge in [0.1, 0.15) is 12.4 Å². The summed E-state index contributed by atoms with van der Waals surface area (Å²) in [5.74, 6) is 0.726. The Morgan fingerprint density at radius 1 is 1.05 bits per heavy atom. The number of ether oxygens (including phenoxy) is 2. The SMILES string of the molecule is COc1cc(CO)ccc1OCc1cc(F)cc(CN)c1. The first-order valence-corrected chi connectivity index (χ1v) is 6.55. The Morgan fingerprint density at radius 2 is 1.81 bits per heavy atom. The third kappa shape index (κ3) is 3.93. The minimum atomic E-state index is -0.334. The fraction of sp³-hybridized carbons (Fsp3) is 0.250. The summed E-state index contributed by atoms with van der Waals surface area (Å²) in [5, 5.41) is 9.09. The second-order valence-corrected chi connectivity index (χ2v) is 4.60. The molecule has 0 aromatic heterocycles. The van der Waals surface area contributed by atoms with Crippen molar-refractivity contribution in [1.82, 2.24) is 0 Å². The third-order valence-electron chi connectivity index (χ3n) is 3.06. The summed E-state index contributed by atoms with van der Waals surface area (Å²) in [4.78, 5) is 0. The number of nitrogens with two attached hydrogens (primary N) is 1. The molecule has 0 atom stereocenters. The standard InChI is InChI=1S/C16H18FNO3/c1-20-16-7-11(9-19)2-3-15(16)21-10-13-4-12(8-18)5-14(17)6-13/h2-7,19H,8-10,18H2,1H3. The van der Waals surface area contributed by atoms with Crippen molar-refractivity contribution in [2.75, 3.05) is 7.11 Å². The van der Waals surface area contributed by atoms with Crippen molar-refractivity contribution < 1.29 is 19.0 Å². The predicted octanol–water partition coefficient (Wildman–Crippen LogP) is 2.36. The molecule has 0 fully saturated rings. The van der Waals surface area contributed by atoms with Gasteiger partial charge >= 0.3 is 0 Å². The van der Waals surface area contributed by atoms with E-state index in [0.29, 0.717) is 17.1 Å². The molecule has 0 aliphatic rings. The largest absolute Gasteiger partial charge is 0.493 e. The van der Waals surface area contributed by atoms with Crippen molar-refractivity contribution in [2.24, 2.45) is 5.73 Å². The highest BCUT2D eigenvalue weighted by atomic mass is 19.1. The molecule has 0 unspecified atom stereocenters. The minimum absolute atomic E-state index is 0.0691. The molecular formula is C16H18FNO3. The molecular weight excluding hydrogens is 273 g/mol. The molecule has 0 spiro atoms. The van der Waals surface area contributed by atoms with Crippen molar-refractivity contribution >= 4 is 0 Å². The Balaban J connectivity index is 2.14. The lowest BCUT2D eigenvalue weighted by atomic mass is 10.1. The first kappa shape index (κ1) is 15.3. The van der Waals surface area contributed by atoms with Crippen LogP contribution in [-0.2, 0) is 19.8 Å². The van der Waals surface area contributed by atoms with Crippen LogP contribution < -0.4 is 15.2 Å². The van der Waals surface area contributed by atoms with Gasteiger partial charge in [0, 0.05) is 6.54 Å². The Morgan fingerprint density at radius 3 is 2.48 bits per heavy atom. The number of hydrogen-bond acceptors (Lipinski definition) is 4. The average molecular weight is 291 g/mol. The van der Waals surface area contributed by atoms with Gasteiger partial charge in [-0.2, -0.15) is 0 Å². The average Bonchev–Trinajstić information content (AvgIpc) is 2.52. The van der Waals surface area contributed by atoms with Crippen molar-refractivity contribution in [2.45, 2.75) is 19.8 Å². The topological polar surface area (TPSA) is 64.7 Å². The predicted molar refractivity (Wildman–Crippen MR) is 77.5 cm³/mol. The number of hydrogen-bond donors (Lipinski definition) is 2. The van der Waals surface area contributed by atoms with Crippen LogP contribution in [0, 0.1) is 5.82 Å². The van der Waals surface area contributed by atoms with Gasteiger partial charge in [-0.1, -0.05) is 12.1 Å². The van der Waals surface area contributed by atoms with E-state index in [1.54, 1.807) is 24.3 Å². The van der Waals surface area contributed by atoms with Gasteiger partial charge in [-0.25, -0.2) is 4.39 Å². The van der Waals surface area contributed by atoms with E-state index in [1.165, 1.54) is 19.2 Å². The van der Waals surface area contributed by atoms with Gasteiger partial charge in [-0.15, -0.1) is 0 Å². The van der Waals surface area contributed by atoms with Gasteiger partial charge in [0.2, 0.25) is 0 Å². The molecule has 5 heteroatoms. The normalized spacial score (nSPS) is 10.5. The van der Waals surface area contributed by atoms with E-state index in [4.69, 9.17) is 20.3 Å². The quantitative estimate of drug-likeness (QED) is 0.857. The number of aliphatic hydroxyl groups excluding tert-OH is 1. The number of aliphatic hydroxyl groups is 1. The van der Waals surface area contributed by atoms with Crippen LogP contribution in [0.15, 0.2) is 36.4 Å². The van der Waals surface area contributed by atoms with Gasteiger partial charge in [0.15, 0.2) is 11.5 Å². The summed E-state index contributed by atoms with van der Waals surface area (Å²) in [5.41, 5.74) is 7.67. The minimum Gasteiger partial charge on any atom is -0.493 e. The van der Waals surface area contributed by atoms with E-state index >= 15 is 0 Å². The number of rotatable bonds is 6. The van der Waals surface area contributed by atoms with Crippen molar-refractivity contribution in [1.29, 1.82) is 0 Å². The van der Waals surface area contributed by atoms with Crippen molar-refractivity contribution in [3.05, 3.63) is 58.9 Å². The zero-order valence-corrected chi connectivity index (χ0v) is 11.8. The molecule has 112 valence electrons. The van der Waals surface area contributed by atoms with E-state index in [9.17, 15) is 4.39 Å². The Bertz CT molecular complexity index is 616. The Hall–Kier alpha value is -2.11. The van der Waals surface area contributed by atoms with Crippen LogP contribution in [0.25, 0.3) is 0 Å². The Labute approximate surface area is 122 Å². The molecule has 0 bridgehead atoms. The maximum atomic E-state index is 13.4. The molecule has 0 aliphatic carbocycles. The number of benzene rings is 2. The summed E-state index contributed by atoms with van der Waals surface area (Å²) in [6, 6.07) is 9.78. The molecule has 0 heterocycles. The molecule has 2 aromatic rings. The Kier molecular flexibility index (Phi) is 5.14. The summed E-state index contributed by atoms with van der Waals surface area (Å²) < 4.78 is 24.3. The molecule has 0 saturated heterocycles.